The van der Waals surface area contributed by atoms with Crippen molar-refractivity contribution >= 4 is 11.0 Å². The molecule has 0 bridgehead atoms. The summed E-state index contributed by atoms with van der Waals surface area (Å²) in [6.07, 6.45) is 2.39. The molecule has 0 spiro atoms. The van der Waals surface area contributed by atoms with Gasteiger partial charge in [-0.05, 0) is 36.8 Å². The van der Waals surface area contributed by atoms with Gasteiger partial charge in [-0.3, -0.25) is 14.6 Å². The number of nitrogens with zero attached hydrogens (tertiary/aromatic N) is 4. The first-order valence-corrected chi connectivity index (χ1v) is 8.19. The highest BCUT2D eigenvalue weighted by Gasteiger charge is 2.13. The summed E-state index contributed by atoms with van der Waals surface area (Å²) in [4.78, 5) is 35.1. The zero-order chi connectivity index (χ0) is 18.1. The molecule has 4 rings (SSSR count). The Labute approximate surface area is 147 Å². The second-order valence-corrected chi connectivity index (χ2v) is 5.78. The van der Waals surface area contributed by atoms with Crippen molar-refractivity contribution < 1.29 is 4.52 Å². The molecule has 8 heteroatoms. The first kappa shape index (κ1) is 15.9. The molecule has 0 aliphatic heterocycles. The van der Waals surface area contributed by atoms with Gasteiger partial charge < -0.3 is 14.1 Å². The van der Waals surface area contributed by atoms with Crippen molar-refractivity contribution in [2.45, 2.75) is 19.9 Å². The molecule has 0 saturated heterocycles. The van der Waals surface area contributed by atoms with Crippen molar-refractivity contribution in [1.82, 2.24) is 24.7 Å². The van der Waals surface area contributed by atoms with Crippen molar-refractivity contribution in [2.75, 3.05) is 0 Å². The van der Waals surface area contributed by atoms with Crippen LogP contribution in [-0.2, 0) is 6.54 Å². The van der Waals surface area contributed by atoms with Crippen LogP contribution in [0.3, 0.4) is 0 Å². The summed E-state index contributed by atoms with van der Waals surface area (Å²) in [6, 6.07) is 10.7. The van der Waals surface area contributed by atoms with Crippen molar-refractivity contribution in [3.8, 4) is 23.0 Å². The van der Waals surface area contributed by atoms with Crippen LogP contribution in [0.4, 0.5) is 0 Å². The van der Waals surface area contributed by atoms with Crippen LogP contribution in [0.5, 0.6) is 0 Å². The number of benzene rings is 1. The lowest BCUT2D eigenvalue weighted by Gasteiger charge is -2.08. The van der Waals surface area contributed by atoms with Crippen LogP contribution in [0.15, 0.2) is 56.7 Å². The van der Waals surface area contributed by atoms with Gasteiger partial charge in [0.05, 0.1) is 11.0 Å². The molecule has 0 atom stereocenters. The average Bonchev–Trinajstić information content (AvgIpc) is 3.16. The normalized spacial score (nSPS) is 11.1. The van der Waals surface area contributed by atoms with Crippen LogP contribution in [0, 0.1) is 0 Å². The Morgan fingerprint density at radius 1 is 1.19 bits per heavy atom. The fourth-order valence-electron chi connectivity index (χ4n) is 2.80. The quantitative estimate of drug-likeness (QED) is 0.566. The van der Waals surface area contributed by atoms with E-state index in [9.17, 15) is 9.59 Å². The predicted octanol–water partition coefficient (Wildman–Crippen LogP) is 2.21. The number of aryl methyl sites for hydroxylation is 1. The van der Waals surface area contributed by atoms with E-state index in [1.807, 2.05) is 13.0 Å². The molecule has 8 nitrogen and oxygen atoms in total. The molecule has 3 heterocycles. The fraction of sp³-hybridized carbons (Fsp3) is 0.167. The van der Waals surface area contributed by atoms with Gasteiger partial charge in [-0.25, -0.2) is 0 Å². The minimum absolute atomic E-state index is 0.310. The maximum atomic E-state index is 12.1. The lowest BCUT2D eigenvalue weighted by molar-refractivity contribution is 0.431. The van der Waals surface area contributed by atoms with E-state index in [0.29, 0.717) is 40.6 Å². The fourth-order valence-corrected chi connectivity index (χ4v) is 2.80. The first-order chi connectivity index (χ1) is 12.7. The van der Waals surface area contributed by atoms with Gasteiger partial charge in [-0.1, -0.05) is 18.1 Å². The molecule has 0 unspecified atom stereocenters. The van der Waals surface area contributed by atoms with Gasteiger partial charge in [0.1, 0.15) is 5.69 Å². The molecule has 0 fully saturated rings. The van der Waals surface area contributed by atoms with E-state index in [1.54, 1.807) is 36.5 Å². The van der Waals surface area contributed by atoms with E-state index in [-0.39, 0.29) is 0 Å². The monoisotopic (exact) mass is 349 g/mol. The molecule has 3 aromatic heterocycles. The zero-order valence-electron chi connectivity index (χ0n) is 14.0. The predicted molar refractivity (Wildman–Crippen MR) is 95.6 cm³/mol. The third-order valence-corrected chi connectivity index (χ3v) is 3.99. The highest BCUT2D eigenvalue weighted by Crippen LogP contribution is 2.23. The smallest absolute Gasteiger partial charge is 0.316 e. The number of hydrogen-bond acceptors (Lipinski definition) is 6. The number of pyridine rings is 1. The highest BCUT2D eigenvalue weighted by molar-refractivity contribution is 5.80. The first-order valence-electron chi connectivity index (χ1n) is 8.19. The summed E-state index contributed by atoms with van der Waals surface area (Å²) in [6.45, 7) is 2.43. The number of nitrogens with one attached hydrogen (secondary N) is 1. The summed E-state index contributed by atoms with van der Waals surface area (Å²) in [7, 11) is 0. The summed E-state index contributed by atoms with van der Waals surface area (Å²) >= 11 is 0. The van der Waals surface area contributed by atoms with E-state index in [0.717, 1.165) is 6.42 Å². The van der Waals surface area contributed by atoms with E-state index in [1.165, 1.54) is 4.57 Å². The van der Waals surface area contributed by atoms with Crippen molar-refractivity contribution in [2.24, 2.45) is 0 Å². The molecule has 130 valence electrons. The standard InChI is InChI=1S/C18H15N5O3/c1-2-9-23-14-7-6-11(10-13(14)20-16(24)18(23)25)15-21-17(26-22-15)12-5-3-4-8-19-12/h3-8,10H,2,9H2,1H3,(H,20,24). The lowest BCUT2D eigenvalue weighted by atomic mass is 10.1. The van der Waals surface area contributed by atoms with Gasteiger partial charge in [-0.2, -0.15) is 4.98 Å². The molecule has 0 aliphatic rings. The van der Waals surface area contributed by atoms with E-state index in [4.69, 9.17) is 4.52 Å². The third-order valence-electron chi connectivity index (χ3n) is 3.99. The Hall–Kier alpha value is -3.55. The second-order valence-electron chi connectivity index (χ2n) is 5.78. The van der Waals surface area contributed by atoms with Crippen LogP contribution in [0.1, 0.15) is 13.3 Å². The molecule has 4 aromatic rings. The minimum Gasteiger partial charge on any atom is -0.332 e. The summed E-state index contributed by atoms with van der Waals surface area (Å²) in [5.41, 5.74) is 1.26. The number of rotatable bonds is 4. The summed E-state index contributed by atoms with van der Waals surface area (Å²) in [5, 5.41) is 3.98. The SMILES string of the molecule is CCCn1c(=O)c(=O)[nH]c2cc(-c3noc(-c4ccccn4)n3)ccc21. The van der Waals surface area contributed by atoms with Gasteiger partial charge in [0.2, 0.25) is 5.82 Å². The third kappa shape index (κ3) is 2.71. The van der Waals surface area contributed by atoms with Crippen molar-refractivity contribution in [1.29, 1.82) is 0 Å². The summed E-state index contributed by atoms with van der Waals surface area (Å²) < 4.78 is 6.75. The van der Waals surface area contributed by atoms with Crippen LogP contribution >= 0.6 is 0 Å². The van der Waals surface area contributed by atoms with E-state index >= 15 is 0 Å². The Balaban J connectivity index is 1.81. The van der Waals surface area contributed by atoms with Crippen LogP contribution in [0.2, 0.25) is 0 Å². The van der Waals surface area contributed by atoms with Crippen LogP contribution < -0.4 is 11.1 Å². The van der Waals surface area contributed by atoms with Crippen LogP contribution in [0.25, 0.3) is 34.0 Å². The van der Waals surface area contributed by atoms with Crippen molar-refractivity contribution in [3.05, 3.63) is 63.3 Å². The molecular formula is C18H15N5O3. The molecular weight excluding hydrogens is 334 g/mol. The number of aromatic amines is 1. The highest BCUT2D eigenvalue weighted by atomic mass is 16.5. The molecule has 1 aromatic carbocycles. The molecule has 0 saturated carbocycles. The van der Waals surface area contributed by atoms with Gasteiger partial charge in [0, 0.05) is 18.3 Å². The van der Waals surface area contributed by atoms with Crippen LogP contribution in [-0.4, -0.2) is 24.7 Å². The Bertz CT molecular complexity index is 1190. The number of aromatic nitrogens is 5. The van der Waals surface area contributed by atoms with Gasteiger partial charge in [0.25, 0.3) is 5.89 Å². The lowest BCUT2D eigenvalue weighted by Crippen LogP contribution is -2.36. The molecule has 0 amide bonds. The van der Waals surface area contributed by atoms with E-state index < -0.39 is 11.1 Å². The molecule has 1 N–H and O–H groups in total. The number of hydrogen-bond donors (Lipinski definition) is 1. The summed E-state index contributed by atoms with van der Waals surface area (Å²) in [5.74, 6) is 0.687. The largest absolute Gasteiger partial charge is 0.332 e. The molecule has 26 heavy (non-hydrogen) atoms. The Kier molecular flexibility index (Phi) is 3.92. The Morgan fingerprint density at radius 2 is 2.08 bits per heavy atom. The maximum Gasteiger partial charge on any atom is 0.316 e. The van der Waals surface area contributed by atoms with E-state index in [2.05, 4.69) is 20.1 Å². The molecule has 0 aliphatic carbocycles. The zero-order valence-corrected chi connectivity index (χ0v) is 14.0. The van der Waals surface area contributed by atoms with Gasteiger partial charge in [0.15, 0.2) is 0 Å². The second kappa shape index (κ2) is 6.40. The maximum absolute atomic E-state index is 12.1. The number of fused-ring (bicyclic) bond motifs is 1. The number of H-pyrrole nitrogens is 1. The topological polar surface area (TPSA) is 107 Å². The van der Waals surface area contributed by atoms with Gasteiger partial charge in [-0.15, -0.1) is 0 Å². The Morgan fingerprint density at radius 3 is 2.85 bits per heavy atom. The average molecular weight is 349 g/mol. The van der Waals surface area contributed by atoms with Crippen molar-refractivity contribution in [3.63, 3.8) is 0 Å². The molecule has 0 radical (unpaired) electrons. The minimum atomic E-state index is -0.648. The van der Waals surface area contributed by atoms with Gasteiger partial charge >= 0.3 is 11.1 Å².